The van der Waals surface area contributed by atoms with E-state index < -0.39 is 22.0 Å². The molecule has 0 N–H and O–H groups in total. The van der Waals surface area contributed by atoms with Gasteiger partial charge >= 0.3 is 4.83 Å². The van der Waals surface area contributed by atoms with Gasteiger partial charge in [0, 0.05) is 0 Å². The Labute approximate surface area is 105 Å². The SMILES string of the molecule is C/C=C/CCc1cc(F)c(C(F)(F)Br)c(F)c1. The molecule has 0 saturated heterocycles. The van der Waals surface area contributed by atoms with E-state index in [-0.39, 0.29) is 0 Å². The van der Waals surface area contributed by atoms with E-state index in [1.807, 2.05) is 35.0 Å². The van der Waals surface area contributed by atoms with E-state index in [4.69, 9.17) is 0 Å². The lowest BCUT2D eigenvalue weighted by atomic mass is 10.1. The normalized spacial score (nSPS) is 12.4. The topological polar surface area (TPSA) is 0 Å². The summed E-state index contributed by atoms with van der Waals surface area (Å²) >= 11 is 1.95. The van der Waals surface area contributed by atoms with E-state index in [0.717, 1.165) is 12.1 Å². The average Bonchev–Trinajstić information content (AvgIpc) is 2.14. The van der Waals surface area contributed by atoms with Crippen molar-refractivity contribution in [2.75, 3.05) is 0 Å². The molecule has 0 atom stereocenters. The zero-order chi connectivity index (χ0) is 13.1. The van der Waals surface area contributed by atoms with E-state index in [0.29, 0.717) is 18.4 Å². The van der Waals surface area contributed by atoms with Crippen molar-refractivity contribution in [3.63, 3.8) is 0 Å². The molecular formula is C12H11BrF4. The predicted molar refractivity (Wildman–Crippen MR) is 62.3 cm³/mol. The smallest absolute Gasteiger partial charge is 0.206 e. The molecule has 1 aromatic rings. The van der Waals surface area contributed by atoms with Crippen molar-refractivity contribution in [2.45, 2.75) is 24.6 Å². The quantitative estimate of drug-likeness (QED) is 0.421. The molecular weight excluding hydrogens is 300 g/mol. The molecule has 0 nitrogen and oxygen atoms in total. The molecule has 0 aliphatic heterocycles. The molecule has 0 aromatic heterocycles. The maximum Gasteiger partial charge on any atom is 0.332 e. The fourth-order valence-corrected chi connectivity index (χ4v) is 1.84. The first kappa shape index (κ1) is 14.2. The highest BCUT2D eigenvalue weighted by Gasteiger charge is 2.34. The number of rotatable bonds is 4. The minimum Gasteiger partial charge on any atom is -0.206 e. The summed E-state index contributed by atoms with van der Waals surface area (Å²) in [5, 5.41) is 0. The standard InChI is InChI=1S/C12H11BrF4/c1-2-3-4-5-8-6-9(14)11(10(15)7-8)12(13,16)17/h2-3,6-7H,4-5H2,1H3/b3-2+. The Kier molecular flexibility index (Phi) is 4.74. The zero-order valence-corrected chi connectivity index (χ0v) is 10.7. The molecule has 0 aliphatic rings. The van der Waals surface area contributed by atoms with Gasteiger partial charge in [-0.3, -0.25) is 0 Å². The first-order valence-corrected chi connectivity index (χ1v) is 5.82. The van der Waals surface area contributed by atoms with Crippen LogP contribution in [0.4, 0.5) is 17.6 Å². The van der Waals surface area contributed by atoms with Crippen molar-refractivity contribution in [2.24, 2.45) is 0 Å². The average molecular weight is 311 g/mol. The Hall–Kier alpha value is -0.840. The minimum atomic E-state index is -3.69. The Bertz CT molecular complexity index is 398. The van der Waals surface area contributed by atoms with Crippen LogP contribution in [-0.4, -0.2) is 0 Å². The van der Waals surface area contributed by atoms with Crippen LogP contribution in [0.2, 0.25) is 0 Å². The highest BCUT2D eigenvalue weighted by molar-refractivity contribution is 9.09. The molecule has 0 bridgehead atoms. The Balaban J connectivity index is 3.01. The minimum absolute atomic E-state index is 0.360. The second kappa shape index (κ2) is 5.67. The molecule has 17 heavy (non-hydrogen) atoms. The van der Waals surface area contributed by atoms with Gasteiger partial charge in [-0.25, -0.2) is 8.78 Å². The third-order valence-corrected chi connectivity index (χ3v) is 2.62. The summed E-state index contributed by atoms with van der Waals surface area (Å²) in [4.78, 5) is -3.69. The molecule has 0 radical (unpaired) electrons. The van der Waals surface area contributed by atoms with Gasteiger partial charge in [0.2, 0.25) is 0 Å². The number of benzene rings is 1. The number of halogens is 5. The summed E-state index contributed by atoms with van der Waals surface area (Å²) in [6.07, 6.45) is 4.67. The van der Waals surface area contributed by atoms with Gasteiger partial charge < -0.3 is 0 Å². The lowest BCUT2D eigenvalue weighted by Crippen LogP contribution is -2.10. The van der Waals surface area contributed by atoms with Crippen LogP contribution in [-0.2, 0) is 11.3 Å². The van der Waals surface area contributed by atoms with E-state index >= 15 is 0 Å². The van der Waals surface area contributed by atoms with Gasteiger partial charge in [0.1, 0.15) is 17.2 Å². The van der Waals surface area contributed by atoms with Crippen LogP contribution in [0.25, 0.3) is 0 Å². The highest BCUT2D eigenvalue weighted by Crippen LogP contribution is 2.38. The molecule has 0 fully saturated rings. The zero-order valence-electron chi connectivity index (χ0n) is 9.11. The molecule has 0 unspecified atom stereocenters. The van der Waals surface area contributed by atoms with Crippen LogP contribution >= 0.6 is 15.9 Å². The first-order valence-electron chi connectivity index (χ1n) is 5.02. The van der Waals surface area contributed by atoms with Gasteiger partial charge in [0.25, 0.3) is 0 Å². The van der Waals surface area contributed by atoms with Crippen LogP contribution in [0.3, 0.4) is 0 Å². The summed E-state index contributed by atoms with van der Waals surface area (Å²) in [7, 11) is 0. The third kappa shape index (κ3) is 3.84. The lowest BCUT2D eigenvalue weighted by Gasteiger charge is -2.12. The maximum absolute atomic E-state index is 13.3. The van der Waals surface area contributed by atoms with E-state index in [1.54, 1.807) is 0 Å². The predicted octanol–water partition coefficient (Wildman–Crippen LogP) is 4.92. The summed E-state index contributed by atoms with van der Waals surface area (Å²) in [5.41, 5.74) is -0.883. The van der Waals surface area contributed by atoms with Gasteiger partial charge in [-0.2, -0.15) is 8.78 Å². The Morgan fingerprint density at radius 2 is 1.76 bits per heavy atom. The molecule has 0 amide bonds. The summed E-state index contributed by atoms with van der Waals surface area (Å²) in [6, 6.07) is 1.88. The second-order valence-electron chi connectivity index (χ2n) is 3.54. The fourth-order valence-electron chi connectivity index (χ4n) is 1.46. The third-order valence-electron chi connectivity index (χ3n) is 2.22. The van der Waals surface area contributed by atoms with Crippen molar-refractivity contribution in [1.82, 2.24) is 0 Å². The van der Waals surface area contributed by atoms with Crippen LogP contribution in [0.5, 0.6) is 0 Å². The monoisotopic (exact) mass is 310 g/mol. The van der Waals surface area contributed by atoms with Crippen molar-refractivity contribution >= 4 is 15.9 Å². The molecule has 0 aliphatic carbocycles. The molecule has 0 saturated carbocycles. The molecule has 5 heteroatoms. The van der Waals surface area contributed by atoms with Gasteiger partial charge in [-0.05, 0) is 53.4 Å². The number of aryl methyl sites for hydroxylation is 1. The van der Waals surface area contributed by atoms with Gasteiger partial charge in [-0.15, -0.1) is 0 Å². The van der Waals surface area contributed by atoms with E-state index in [1.165, 1.54) is 0 Å². The molecule has 0 heterocycles. The molecule has 94 valence electrons. The van der Waals surface area contributed by atoms with Crippen LogP contribution in [0, 0.1) is 11.6 Å². The van der Waals surface area contributed by atoms with Crippen molar-refractivity contribution in [3.8, 4) is 0 Å². The van der Waals surface area contributed by atoms with Crippen molar-refractivity contribution in [1.29, 1.82) is 0 Å². The maximum atomic E-state index is 13.3. The largest absolute Gasteiger partial charge is 0.332 e. The second-order valence-corrected chi connectivity index (χ2v) is 4.54. The molecule has 1 aromatic carbocycles. The Morgan fingerprint density at radius 3 is 2.18 bits per heavy atom. The number of hydrogen-bond acceptors (Lipinski definition) is 0. The number of alkyl halides is 3. The van der Waals surface area contributed by atoms with Crippen molar-refractivity contribution in [3.05, 3.63) is 47.0 Å². The summed E-state index contributed by atoms with van der Waals surface area (Å²) in [6.45, 7) is 1.83. The molecule has 1 rings (SSSR count). The van der Waals surface area contributed by atoms with Gasteiger partial charge in [0.05, 0.1) is 0 Å². The van der Waals surface area contributed by atoms with Gasteiger partial charge in [0.15, 0.2) is 0 Å². The van der Waals surface area contributed by atoms with Crippen LogP contribution < -0.4 is 0 Å². The van der Waals surface area contributed by atoms with Crippen LogP contribution in [0.1, 0.15) is 24.5 Å². The van der Waals surface area contributed by atoms with E-state index in [2.05, 4.69) is 0 Å². The first-order chi connectivity index (χ1) is 7.86. The van der Waals surface area contributed by atoms with Gasteiger partial charge in [-0.1, -0.05) is 12.2 Å². The highest BCUT2D eigenvalue weighted by atomic mass is 79.9. The number of allylic oxidation sites excluding steroid dienone is 2. The van der Waals surface area contributed by atoms with Crippen LogP contribution in [0.15, 0.2) is 24.3 Å². The fraction of sp³-hybridized carbons (Fsp3) is 0.333. The number of hydrogen-bond donors (Lipinski definition) is 0. The lowest BCUT2D eigenvalue weighted by molar-refractivity contribution is 0.105. The van der Waals surface area contributed by atoms with Crippen molar-refractivity contribution < 1.29 is 17.6 Å². The summed E-state index contributed by atoms with van der Waals surface area (Å²) in [5.74, 6) is -2.47. The summed E-state index contributed by atoms with van der Waals surface area (Å²) < 4.78 is 52.4. The molecule has 0 spiro atoms. The van der Waals surface area contributed by atoms with E-state index in [9.17, 15) is 17.6 Å². The Morgan fingerprint density at radius 1 is 1.24 bits per heavy atom.